The lowest BCUT2D eigenvalue weighted by atomic mass is 9.87. The van der Waals surface area contributed by atoms with Gasteiger partial charge in [-0.1, -0.05) is 32.8 Å². The number of methoxy groups -OCH3 is 1. The summed E-state index contributed by atoms with van der Waals surface area (Å²) in [7, 11) is 3.70. The van der Waals surface area contributed by atoms with Crippen LogP contribution in [0.5, 0.6) is 0 Å². The molecule has 0 amide bonds. The number of nitrogens with two attached hydrogens (primary N) is 1. The van der Waals surface area contributed by atoms with Crippen molar-refractivity contribution in [3.8, 4) is 11.8 Å². The molecule has 2 unspecified atom stereocenters. The summed E-state index contributed by atoms with van der Waals surface area (Å²) >= 11 is 0. The van der Waals surface area contributed by atoms with Gasteiger partial charge in [0.25, 0.3) is 0 Å². The second-order valence-electron chi connectivity index (χ2n) is 10.4. The maximum Gasteiger partial charge on any atom is 0.220 e. The van der Waals surface area contributed by atoms with E-state index in [4.69, 9.17) is 10.5 Å². The van der Waals surface area contributed by atoms with E-state index < -0.39 is 5.60 Å². The van der Waals surface area contributed by atoms with Crippen LogP contribution in [0.15, 0.2) is 45.8 Å². The van der Waals surface area contributed by atoms with Gasteiger partial charge in [-0.25, -0.2) is 15.0 Å². The topological polar surface area (TPSA) is 112 Å². The van der Waals surface area contributed by atoms with Crippen molar-refractivity contribution in [2.45, 2.75) is 71.9 Å². The molecule has 212 valence electrons. The molecule has 0 bridgehead atoms. The highest BCUT2D eigenvalue weighted by Crippen LogP contribution is 2.30. The first-order chi connectivity index (χ1) is 18.4. The lowest BCUT2D eigenvalue weighted by Gasteiger charge is -2.25. The molecule has 1 aromatic heterocycles. The van der Waals surface area contributed by atoms with E-state index in [1.165, 1.54) is 0 Å². The minimum Gasteiger partial charge on any atom is -0.385 e. The van der Waals surface area contributed by atoms with Crippen molar-refractivity contribution in [1.82, 2.24) is 9.99 Å². The van der Waals surface area contributed by atoms with E-state index in [-0.39, 0.29) is 17.9 Å². The fourth-order valence-electron chi connectivity index (χ4n) is 4.13. The van der Waals surface area contributed by atoms with Crippen LogP contribution < -0.4 is 10.6 Å². The Morgan fingerprint density at radius 1 is 1.36 bits per heavy atom. The van der Waals surface area contributed by atoms with Gasteiger partial charge in [-0.15, -0.1) is 0 Å². The van der Waals surface area contributed by atoms with Gasteiger partial charge in [0.2, 0.25) is 5.96 Å². The number of pyridine rings is 1. The van der Waals surface area contributed by atoms with E-state index in [1.807, 2.05) is 40.1 Å². The summed E-state index contributed by atoms with van der Waals surface area (Å²) < 4.78 is 5.23. The van der Waals surface area contributed by atoms with E-state index >= 15 is 0 Å². The Labute approximate surface area is 234 Å². The zero-order chi connectivity index (χ0) is 29.2. The summed E-state index contributed by atoms with van der Waals surface area (Å²) in [5.74, 6) is 6.31. The predicted octanol–water partition coefficient (Wildman–Crippen LogP) is 4.43. The molecular formula is C30H45N7O2. The summed E-state index contributed by atoms with van der Waals surface area (Å²) in [6, 6.07) is 2.01. The van der Waals surface area contributed by atoms with Gasteiger partial charge in [0.1, 0.15) is 11.3 Å². The maximum atomic E-state index is 10.9. The predicted molar refractivity (Wildman–Crippen MR) is 163 cm³/mol. The molecule has 39 heavy (non-hydrogen) atoms. The van der Waals surface area contributed by atoms with Crippen molar-refractivity contribution in [2.75, 3.05) is 32.2 Å². The molecule has 1 aliphatic rings. The molecule has 2 atom stereocenters. The normalized spacial score (nSPS) is 16.5. The Hall–Kier alpha value is -3.48. The van der Waals surface area contributed by atoms with Crippen LogP contribution in [-0.2, 0) is 4.74 Å². The highest BCUT2D eigenvalue weighted by Gasteiger charge is 2.25. The standard InChI is InChI=1S/C30H45N7O2/c1-10-12-22(4)30(6,38)14-13-24-17-26(28(19-33-24)36(8)15-11-16-39-9)23(5)27-18-25(34-29(31)35-27)20-37(32-7)21(2)3/h17,19-22,38H,5,7,10-12,15-16,18H2,1-4,6,8-9H3,(H2,31,34)/b25-20+. The first-order valence-corrected chi connectivity index (χ1v) is 13.5. The lowest BCUT2D eigenvalue weighted by Crippen LogP contribution is -2.30. The van der Waals surface area contributed by atoms with E-state index in [9.17, 15) is 5.11 Å². The van der Waals surface area contributed by atoms with E-state index in [1.54, 1.807) is 25.2 Å². The minimum atomic E-state index is -1.12. The molecule has 0 aromatic carbocycles. The number of allylic oxidation sites excluding steroid dienone is 2. The van der Waals surface area contributed by atoms with Gasteiger partial charge < -0.3 is 20.5 Å². The zero-order valence-corrected chi connectivity index (χ0v) is 24.7. The Balaban J connectivity index is 2.51. The number of anilines is 1. The number of nitrogens with zero attached hydrogens (tertiary/aromatic N) is 6. The van der Waals surface area contributed by atoms with Gasteiger partial charge in [0.15, 0.2) is 0 Å². The molecular weight excluding hydrogens is 490 g/mol. The first kappa shape index (κ1) is 31.7. The molecule has 9 heteroatoms. The Bertz CT molecular complexity index is 1170. The maximum absolute atomic E-state index is 10.9. The summed E-state index contributed by atoms with van der Waals surface area (Å²) in [5.41, 5.74) is 9.37. The second-order valence-corrected chi connectivity index (χ2v) is 10.4. The molecule has 1 aromatic rings. The van der Waals surface area contributed by atoms with Crippen molar-refractivity contribution in [2.24, 2.45) is 26.7 Å². The molecule has 1 aliphatic heterocycles. The number of aliphatic hydroxyl groups is 1. The van der Waals surface area contributed by atoms with Crippen LogP contribution in [0, 0.1) is 17.8 Å². The highest BCUT2D eigenvalue weighted by molar-refractivity contribution is 6.28. The monoisotopic (exact) mass is 535 g/mol. The van der Waals surface area contributed by atoms with Crippen molar-refractivity contribution in [3.63, 3.8) is 0 Å². The van der Waals surface area contributed by atoms with Crippen molar-refractivity contribution in [1.29, 1.82) is 0 Å². The van der Waals surface area contributed by atoms with Gasteiger partial charge in [0, 0.05) is 58.3 Å². The lowest BCUT2D eigenvalue weighted by molar-refractivity contribution is 0.0598. The van der Waals surface area contributed by atoms with Crippen LogP contribution in [-0.4, -0.2) is 72.4 Å². The second kappa shape index (κ2) is 14.6. The molecule has 2 rings (SSSR count). The van der Waals surface area contributed by atoms with E-state index in [2.05, 4.69) is 57.0 Å². The summed E-state index contributed by atoms with van der Waals surface area (Å²) in [6.45, 7) is 19.4. The van der Waals surface area contributed by atoms with Gasteiger partial charge in [-0.3, -0.25) is 5.01 Å². The van der Waals surface area contributed by atoms with E-state index in [0.29, 0.717) is 35.7 Å². The molecule has 0 fully saturated rings. The number of guanidine groups is 1. The Kier molecular flexibility index (Phi) is 11.9. The van der Waals surface area contributed by atoms with Crippen LogP contribution in [0.25, 0.3) is 5.57 Å². The third-order valence-corrected chi connectivity index (χ3v) is 6.76. The molecule has 0 spiro atoms. The number of hydrogen-bond donors (Lipinski definition) is 2. The van der Waals surface area contributed by atoms with Crippen molar-refractivity contribution < 1.29 is 9.84 Å². The fourth-order valence-corrected chi connectivity index (χ4v) is 4.13. The van der Waals surface area contributed by atoms with Crippen LogP contribution >= 0.6 is 0 Å². The van der Waals surface area contributed by atoms with Gasteiger partial charge >= 0.3 is 0 Å². The smallest absolute Gasteiger partial charge is 0.220 e. The molecule has 0 saturated carbocycles. The van der Waals surface area contributed by atoms with Gasteiger partial charge in [-0.2, -0.15) is 5.10 Å². The molecule has 0 radical (unpaired) electrons. The quantitative estimate of drug-likeness (QED) is 0.167. The number of aliphatic imine (C=N–C) groups is 2. The third-order valence-electron chi connectivity index (χ3n) is 6.76. The van der Waals surface area contributed by atoms with Crippen LogP contribution in [0.3, 0.4) is 0 Å². The van der Waals surface area contributed by atoms with Crippen LogP contribution in [0.2, 0.25) is 0 Å². The van der Waals surface area contributed by atoms with Crippen molar-refractivity contribution >= 4 is 29.6 Å². The number of rotatable bonds is 13. The SMILES string of the molecule is C=NN(/C=C1\CC(C(=C)c2cc(C#CC(C)(O)C(C)CCC)ncc2N(C)CCCOC)=NC(N)=N1)C(C)C. The fraction of sp³-hybridized carbons (Fsp3) is 0.533. The summed E-state index contributed by atoms with van der Waals surface area (Å²) in [6.07, 6.45) is 6.77. The zero-order valence-electron chi connectivity index (χ0n) is 24.7. The summed E-state index contributed by atoms with van der Waals surface area (Å²) in [4.78, 5) is 15.6. The first-order valence-electron chi connectivity index (χ1n) is 13.5. The van der Waals surface area contributed by atoms with E-state index in [0.717, 1.165) is 37.1 Å². The minimum absolute atomic E-state index is 0.0372. The van der Waals surface area contributed by atoms with Crippen LogP contribution in [0.4, 0.5) is 5.69 Å². The van der Waals surface area contributed by atoms with Crippen LogP contribution in [0.1, 0.15) is 71.6 Å². The number of hydrazone groups is 1. The number of ether oxygens (including phenoxy) is 1. The van der Waals surface area contributed by atoms with Gasteiger partial charge in [-0.05, 0) is 57.1 Å². The number of hydrogen-bond acceptors (Lipinski definition) is 9. The molecule has 0 aliphatic carbocycles. The Morgan fingerprint density at radius 2 is 2.08 bits per heavy atom. The molecule has 0 saturated heterocycles. The average Bonchev–Trinajstić information content (AvgIpc) is 2.89. The average molecular weight is 536 g/mol. The molecule has 3 N–H and O–H groups in total. The largest absolute Gasteiger partial charge is 0.385 e. The summed E-state index contributed by atoms with van der Waals surface area (Å²) in [5, 5.41) is 16.7. The molecule has 2 heterocycles. The van der Waals surface area contributed by atoms with Crippen molar-refractivity contribution in [3.05, 3.63) is 42.0 Å². The highest BCUT2D eigenvalue weighted by atomic mass is 16.5. The number of aromatic nitrogens is 1. The Morgan fingerprint density at radius 3 is 2.69 bits per heavy atom. The molecule has 9 nitrogen and oxygen atoms in total. The van der Waals surface area contributed by atoms with Gasteiger partial charge in [0.05, 0.1) is 23.3 Å². The third kappa shape index (κ3) is 9.05.